The number of aliphatic carboxylic acids is 2. The molecule has 1 saturated heterocycles. The van der Waals surface area contributed by atoms with Gasteiger partial charge in [0.1, 0.15) is 6.04 Å². The van der Waals surface area contributed by atoms with Gasteiger partial charge in [0.2, 0.25) is 0 Å². The number of carboxylic acid groups (broad SMARTS) is 2. The molecule has 1 atom stereocenters. The van der Waals surface area contributed by atoms with E-state index < -0.39 is 29.6 Å². The van der Waals surface area contributed by atoms with Gasteiger partial charge in [-0.1, -0.05) is 0 Å². The second-order valence-corrected chi connectivity index (χ2v) is 5.66. The minimum Gasteiger partial charge on any atom is -0.481 e. The van der Waals surface area contributed by atoms with Crippen molar-refractivity contribution in [2.75, 3.05) is 19.7 Å². The maximum absolute atomic E-state index is 12.1. The van der Waals surface area contributed by atoms with Crippen LogP contribution >= 0.6 is 0 Å². The third-order valence-corrected chi connectivity index (χ3v) is 3.19. The molecule has 21 heavy (non-hydrogen) atoms. The second-order valence-electron chi connectivity index (χ2n) is 5.66. The van der Waals surface area contributed by atoms with E-state index in [0.29, 0.717) is 19.7 Å². The van der Waals surface area contributed by atoms with Gasteiger partial charge in [0, 0.05) is 13.0 Å². The molecule has 0 aromatic carbocycles. The van der Waals surface area contributed by atoms with Crippen LogP contribution < -0.4 is 5.32 Å². The molecule has 0 saturated carbocycles. The average molecular weight is 302 g/mol. The maximum atomic E-state index is 12.1. The molecule has 8 nitrogen and oxygen atoms in total. The van der Waals surface area contributed by atoms with Gasteiger partial charge in [0.05, 0.1) is 18.8 Å². The Morgan fingerprint density at radius 1 is 1.33 bits per heavy atom. The molecule has 0 aromatic rings. The molecule has 1 heterocycles. The lowest BCUT2D eigenvalue weighted by atomic mass is 10.1. The molecule has 120 valence electrons. The predicted octanol–water partition coefficient (Wildman–Crippen LogP) is 0.515. The third kappa shape index (κ3) is 5.99. The molecule has 0 bridgehead atoms. The summed E-state index contributed by atoms with van der Waals surface area (Å²) in [6.45, 7) is 4.89. The number of urea groups is 1. The molecular weight excluding hydrogens is 280 g/mol. The molecular formula is C13H22N2O6. The molecule has 1 aliphatic rings. The molecule has 0 aromatic heterocycles. The van der Waals surface area contributed by atoms with Crippen LogP contribution in [0.1, 0.15) is 33.1 Å². The van der Waals surface area contributed by atoms with Gasteiger partial charge < -0.3 is 25.2 Å². The molecule has 0 radical (unpaired) electrons. The molecule has 1 fully saturated rings. The molecule has 1 rings (SSSR count). The Morgan fingerprint density at radius 2 is 2.00 bits per heavy atom. The van der Waals surface area contributed by atoms with Gasteiger partial charge in [-0.3, -0.25) is 4.79 Å². The van der Waals surface area contributed by atoms with E-state index in [0.717, 1.165) is 0 Å². The van der Waals surface area contributed by atoms with Crippen molar-refractivity contribution >= 4 is 18.0 Å². The van der Waals surface area contributed by atoms with Gasteiger partial charge in [-0.25, -0.2) is 9.59 Å². The van der Waals surface area contributed by atoms with Crippen molar-refractivity contribution in [1.29, 1.82) is 0 Å². The molecule has 2 amide bonds. The lowest BCUT2D eigenvalue weighted by Gasteiger charge is -2.38. The lowest BCUT2D eigenvalue weighted by Crippen LogP contribution is -2.56. The number of hydrogen-bond donors (Lipinski definition) is 3. The van der Waals surface area contributed by atoms with Gasteiger partial charge >= 0.3 is 18.0 Å². The zero-order chi connectivity index (χ0) is 16.0. The number of carbonyl (C=O) groups excluding carboxylic acids is 1. The first-order chi connectivity index (χ1) is 9.71. The summed E-state index contributed by atoms with van der Waals surface area (Å²) in [5.41, 5.74) is -0.461. The summed E-state index contributed by atoms with van der Waals surface area (Å²) in [7, 11) is 0. The number of nitrogens with zero attached hydrogens (tertiary/aromatic N) is 1. The third-order valence-electron chi connectivity index (χ3n) is 3.19. The maximum Gasteiger partial charge on any atom is 0.326 e. The van der Waals surface area contributed by atoms with Crippen LogP contribution in [-0.4, -0.2) is 64.4 Å². The number of amides is 2. The van der Waals surface area contributed by atoms with Gasteiger partial charge in [-0.05, 0) is 26.7 Å². The molecule has 0 spiro atoms. The topological polar surface area (TPSA) is 116 Å². The highest BCUT2D eigenvalue weighted by Crippen LogP contribution is 2.16. The van der Waals surface area contributed by atoms with E-state index in [2.05, 4.69) is 5.32 Å². The summed E-state index contributed by atoms with van der Waals surface area (Å²) in [6.07, 6.45) is 0.159. The van der Waals surface area contributed by atoms with E-state index in [9.17, 15) is 14.4 Å². The van der Waals surface area contributed by atoms with Crippen LogP contribution in [0.3, 0.4) is 0 Å². The van der Waals surface area contributed by atoms with Crippen LogP contribution in [0.4, 0.5) is 4.79 Å². The highest BCUT2D eigenvalue weighted by Gasteiger charge is 2.31. The zero-order valence-electron chi connectivity index (χ0n) is 12.3. The van der Waals surface area contributed by atoms with E-state index in [1.807, 2.05) is 13.8 Å². The van der Waals surface area contributed by atoms with Crippen molar-refractivity contribution in [3.63, 3.8) is 0 Å². The van der Waals surface area contributed by atoms with Crippen LogP contribution in [0.15, 0.2) is 0 Å². The summed E-state index contributed by atoms with van der Waals surface area (Å²) in [4.78, 5) is 35.1. The molecule has 3 N–H and O–H groups in total. The van der Waals surface area contributed by atoms with E-state index in [1.165, 1.54) is 4.90 Å². The Bertz CT molecular complexity index is 409. The summed E-state index contributed by atoms with van der Waals surface area (Å²) in [5.74, 6) is -2.15. The standard InChI is InChI=1S/C13H22N2O6/c1-13(2)8-15(6-7-21-13)12(20)14-9(11(18)19)4-3-5-10(16)17/h9H,3-8H2,1-2H3,(H,14,20)(H,16,17)(H,18,19)/t9-/m1/s1. The van der Waals surface area contributed by atoms with Gasteiger partial charge in [-0.15, -0.1) is 0 Å². The summed E-state index contributed by atoms with van der Waals surface area (Å²) >= 11 is 0. The van der Waals surface area contributed by atoms with Crippen molar-refractivity contribution in [2.24, 2.45) is 0 Å². The first kappa shape index (κ1) is 17.2. The van der Waals surface area contributed by atoms with Crippen molar-refractivity contribution < 1.29 is 29.3 Å². The van der Waals surface area contributed by atoms with Crippen molar-refractivity contribution in [2.45, 2.75) is 44.8 Å². The van der Waals surface area contributed by atoms with Crippen LogP contribution in [0.2, 0.25) is 0 Å². The predicted molar refractivity (Wildman–Crippen MR) is 73.0 cm³/mol. The molecule has 8 heteroatoms. The Hall–Kier alpha value is -1.83. The van der Waals surface area contributed by atoms with Crippen molar-refractivity contribution in [1.82, 2.24) is 10.2 Å². The fourth-order valence-electron chi connectivity index (χ4n) is 2.14. The van der Waals surface area contributed by atoms with Gasteiger partial charge in [-0.2, -0.15) is 0 Å². The Morgan fingerprint density at radius 3 is 2.52 bits per heavy atom. The quantitative estimate of drug-likeness (QED) is 0.658. The normalized spacial score (nSPS) is 18.9. The number of nitrogens with one attached hydrogen (secondary N) is 1. The SMILES string of the molecule is CC1(C)CN(C(=O)N[C@H](CCCC(=O)O)C(=O)O)CCO1. The lowest BCUT2D eigenvalue weighted by molar-refractivity contribution is -0.141. The van der Waals surface area contributed by atoms with Gasteiger partial charge in [0.15, 0.2) is 0 Å². The molecule has 0 unspecified atom stereocenters. The van der Waals surface area contributed by atoms with Crippen molar-refractivity contribution in [3.05, 3.63) is 0 Å². The number of rotatable bonds is 6. The zero-order valence-corrected chi connectivity index (χ0v) is 12.3. The minimum atomic E-state index is -1.17. The van der Waals surface area contributed by atoms with Crippen LogP contribution in [0, 0.1) is 0 Å². The van der Waals surface area contributed by atoms with Crippen LogP contribution in [-0.2, 0) is 14.3 Å². The van der Waals surface area contributed by atoms with Gasteiger partial charge in [0.25, 0.3) is 0 Å². The highest BCUT2D eigenvalue weighted by atomic mass is 16.5. The minimum absolute atomic E-state index is 0.0844. The van der Waals surface area contributed by atoms with Crippen LogP contribution in [0.5, 0.6) is 0 Å². The monoisotopic (exact) mass is 302 g/mol. The Labute approximate surface area is 123 Å². The number of hydrogen-bond acceptors (Lipinski definition) is 4. The number of carboxylic acids is 2. The largest absolute Gasteiger partial charge is 0.481 e. The summed E-state index contributed by atoms with van der Waals surface area (Å²) < 4.78 is 5.49. The Balaban J connectivity index is 2.52. The summed E-state index contributed by atoms with van der Waals surface area (Å²) in [6, 6.07) is -1.54. The number of carbonyl (C=O) groups is 3. The summed E-state index contributed by atoms with van der Waals surface area (Å²) in [5, 5.41) is 20.1. The van der Waals surface area contributed by atoms with Crippen LogP contribution in [0.25, 0.3) is 0 Å². The average Bonchev–Trinajstić information content (AvgIpc) is 2.35. The first-order valence-corrected chi connectivity index (χ1v) is 6.85. The van der Waals surface area contributed by atoms with E-state index in [1.54, 1.807) is 0 Å². The fraction of sp³-hybridized carbons (Fsp3) is 0.769. The fourth-order valence-corrected chi connectivity index (χ4v) is 2.14. The van der Waals surface area contributed by atoms with E-state index in [-0.39, 0.29) is 19.3 Å². The smallest absolute Gasteiger partial charge is 0.326 e. The highest BCUT2D eigenvalue weighted by molar-refractivity contribution is 5.82. The molecule has 0 aliphatic carbocycles. The Kier molecular flexibility index (Phi) is 5.95. The van der Waals surface area contributed by atoms with E-state index in [4.69, 9.17) is 14.9 Å². The number of morpholine rings is 1. The van der Waals surface area contributed by atoms with Crippen molar-refractivity contribution in [3.8, 4) is 0 Å². The second kappa shape index (κ2) is 7.26. The number of ether oxygens (including phenoxy) is 1. The first-order valence-electron chi connectivity index (χ1n) is 6.85. The molecule has 1 aliphatic heterocycles. The van der Waals surface area contributed by atoms with E-state index >= 15 is 0 Å².